The fourth-order valence-electron chi connectivity index (χ4n) is 3.86. The molecule has 5 heteroatoms. The number of amides is 2. The maximum Gasteiger partial charge on any atom is 0.227 e. The van der Waals surface area contributed by atoms with Gasteiger partial charge in [-0.1, -0.05) is 48.5 Å². The summed E-state index contributed by atoms with van der Waals surface area (Å²) >= 11 is 0. The van der Waals surface area contributed by atoms with Crippen molar-refractivity contribution >= 4 is 28.3 Å². The number of fused-ring (bicyclic) bond motifs is 1. The minimum absolute atomic E-state index is 0.0620. The molecule has 1 saturated heterocycles. The number of nitrogens with zero attached hydrogens (tertiary/aromatic N) is 1. The lowest BCUT2D eigenvalue weighted by Gasteiger charge is -2.20. The molecule has 0 spiro atoms. The summed E-state index contributed by atoms with van der Waals surface area (Å²) in [6.07, 6.45) is 0.203. The predicted molar refractivity (Wildman–Crippen MR) is 114 cm³/mol. The number of benzene rings is 3. The summed E-state index contributed by atoms with van der Waals surface area (Å²) in [6, 6.07) is 21.6. The van der Waals surface area contributed by atoms with Gasteiger partial charge in [-0.15, -0.1) is 0 Å². The predicted octanol–water partition coefficient (Wildman–Crippen LogP) is 4.08. The summed E-state index contributed by atoms with van der Waals surface area (Å²) in [5, 5.41) is 5.39. The van der Waals surface area contributed by atoms with Gasteiger partial charge < -0.3 is 15.0 Å². The van der Waals surface area contributed by atoms with E-state index in [1.54, 1.807) is 12.0 Å². The molecule has 0 aromatic heterocycles. The molecule has 1 N–H and O–H groups in total. The molecule has 0 saturated carbocycles. The molecule has 5 nitrogen and oxygen atoms in total. The Morgan fingerprint density at radius 1 is 1.07 bits per heavy atom. The second kappa shape index (κ2) is 7.95. The van der Waals surface area contributed by atoms with Gasteiger partial charge in [0.15, 0.2) is 0 Å². The number of methoxy groups -OCH3 is 1. The molecule has 29 heavy (non-hydrogen) atoms. The van der Waals surface area contributed by atoms with Crippen LogP contribution >= 0.6 is 0 Å². The second-order valence-corrected chi connectivity index (χ2v) is 7.41. The molecule has 2 atom stereocenters. The number of carbonyl (C=O) groups is 2. The summed E-state index contributed by atoms with van der Waals surface area (Å²) < 4.78 is 5.36. The Hall–Kier alpha value is -3.34. The maximum atomic E-state index is 12.8. The highest BCUT2D eigenvalue weighted by molar-refractivity contribution is 6.01. The molecule has 1 fully saturated rings. The number of hydrogen-bond donors (Lipinski definition) is 1. The fourth-order valence-corrected chi connectivity index (χ4v) is 3.86. The number of anilines is 1. The van der Waals surface area contributed by atoms with Crippen LogP contribution in [0.25, 0.3) is 10.8 Å². The Morgan fingerprint density at radius 2 is 1.79 bits per heavy atom. The molecule has 3 aromatic carbocycles. The summed E-state index contributed by atoms with van der Waals surface area (Å²) in [5.74, 6) is 0.0890. The van der Waals surface area contributed by atoms with Crippen LogP contribution in [-0.2, 0) is 9.59 Å². The Morgan fingerprint density at radius 3 is 2.59 bits per heavy atom. The summed E-state index contributed by atoms with van der Waals surface area (Å²) in [7, 11) is 1.58. The molecule has 148 valence electrons. The van der Waals surface area contributed by atoms with E-state index in [-0.39, 0.29) is 30.2 Å². The van der Waals surface area contributed by atoms with Crippen molar-refractivity contribution in [3.8, 4) is 5.75 Å². The van der Waals surface area contributed by atoms with E-state index in [1.165, 1.54) is 5.39 Å². The highest BCUT2D eigenvalue weighted by atomic mass is 16.5. The monoisotopic (exact) mass is 388 g/mol. The fraction of sp³-hybridized carbons (Fsp3) is 0.250. The molecule has 1 aliphatic rings. The van der Waals surface area contributed by atoms with Crippen molar-refractivity contribution in [2.45, 2.75) is 19.4 Å². The van der Waals surface area contributed by atoms with E-state index in [4.69, 9.17) is 4.74 Å². The Balaban J connectivity index is 1.46. The first-order valence-electron chi connectivity index (χ1n) is 9.79. The molecule has 0 bridgehead atoms. The highest BCUT2D eigenvalue weighted by Gasteiger charge is 2.36. The van der Waals surface area contributed by atoms with Crippen molar-refractivity contribution in [3.63, 3.8) is 0 Å². The zero-order valence-corrected chi connectivity index (χ0v) is 16.6. The second-order valence-electron chi connectivity index (χ2n) is 7.41. The van der Waals surface area contributed by atoms with Crippen LogP contribution in [0.1, 0.15) is 24.9 Å². The van der Waals surface area contributed by atoms with Gasteiger partial charge in [-0.2, -0.15) is 0 Å². The van der Waals surface area contributed by atoms with E-state index >= 15 is 0 Å². The van der Waals surface area contributed by atoms with Crippen molar-refractivity contribution in [2.24, 2.45) is 5.92 Å². The van der Waals surface area contributed by atoms with Crippen LogP contribution < -0.4 is 15.0 Å². The third kappa shape index (κ3) is 3.81. The van der Waals surface area contributed by atoms with Gasteiger partial charge >= 0.3 is 0 Å². The minimum atomic E-state index is -0.379. The topological polar surface area (TPSA) is 58.6 Å². The van der Waals surface area contributed by atoms with Gasteiger partial charge in [0.05, 0.1) is 24.8 Å². The zero-order chi connectivity index (χ0) is 20.4. The Bertz CT molecular complexity index is 1060. The smallest absolute Gasteiger partial charge is 0.227 e. The van der Waals surface area contributed by atoms with E-state index in [9.17, 15) is 9.59 Å². The Labute approximate surface area is 170 Å². The number of carbonyl (C=O) groups excluding carboxylic acids is 2. The minimum Gasteiger partial charge on any atom is -0.495 e. The number of rotatable bonds is 5. The van der Waals surface area contributed by atoms with E-state index in [0.29, 0.717) is 18.0 Å². The molecule has 2 unspecified atom stereocenters. The maximum absolute atomic E-state index is 12.8. The van der Waals surface area contributed by atoms with Gasteiger partial charge in [0.25, 0.3) is 0 Å². The van der Waals surface area contributed by atoms with E-state index in [2.05, 4.69) is 29.6 Å². The van der Waals surface area contributed by atoms with Crippen LogP contribution in [-0.4, -0.2) is 25.5 Å². The Kier molecular flexibility index (Phi) is 5.21. The van der Waals surface area contributed by atoms with Crippen LogP contribution in [0.2, 0.25) is 0 Å². The van der Waals surface area contributed by atoms with Crippen molar-refractivity contribution in [1.29, 1.82) is 0 Å². The van der Waals surface area contributed by atoms with Crippen molar-refractivity contribution in [2.75, 3.05) is 18.6 Å². The van der Waals surface area contributed by atoms with Crippen LogP contribution in [0.15, 0.2) is 66.7 Å². The molecule has 0 aliphatic carbocycles. The van der Waals surface area contributed by atoms with Gasteiger partial charge in [-0.3, -0.25) is 9.59 Å². The largest absolute Gasteiger partial charge is 0.495 e. The van der Waals surface area contributed by atoms with Gasteiger partial charge in [0.1, 0.15) is 5.75 Å². The third-order valence-corrected chi connectivity index (χ3v) is 5.50. The first-order valence-corrected chi connectivity index (χ1v) is 9.79. The van der Waals surface area contributed by atoms with E-state index < -0.39 is 0 Å². The van der Waals surface area contributed by atoms with Crippen molar-refractivity contribution in [3.05, 3.63) is 72.3 Å². The third-order valence-electron chi connectivity index (χ3n) is 5.50. The zero-order valence-electron chi connectivity index (χ0n) is 16.6. The first kappa shape index (κ1) is 19.0. The lowest BCUT2D eigenvalue weighted by atomic mass is 10.0. The van der Waals surface area contributed by atoms with Crippen LogP contribution in [0.5, 0.6) is 5.75 Å². The van der Waals surface area contributed by atoms with Crippen LogP contribution in [0, 0.1) is 5.92 Å². The van der Waals surface area contributed by atoms with Crippen LogP contribution in [0.4, 0.5) is 5.69 Å². The molecule has 1 heterocycles. The number of para-hydroxylation sites is 2. The highest BCUT2D eigenvalue weighted by Crippen LogP contribution is 2.33. The average Bonchev–Trinajstić information content (AvgIpc) is 3.14. The van der Waals surface area contributed by atoms with Gasteiger partial charge in [0, 0.05) is 13.0 Å². The molecule has 0 radical (unpaired) electrons. The molecule has 4 rings (SSSR count). The summed E-state index contributed by atoms with van der Waals surface area (Å²) in [4.78, 5) is 27.0. The van der Waals surface area contributed by atoms with E-state index in [1.807, 2.05) is 49.4 Å². The SMILES string of the molecule is COc1ccccc1N1CC(C(=O)NC(C)c2ccc3ccccc3c2)CC1=O. The molecule has 3 aromatic rings. The molecule has 2 amide bonds. The van der Waals surface area contributed by atoms with Crippen LogP contribution in [0.3, 0.4) is 0 Å². The lowest BCUT2D eigenvalue weighted by molar-refractivity contribution is -0.126. The van der Waals surface area contributed by atoms with Crippen molar-refractivity contribution < 1.29 is 14.3 Å². The molecule has 1 aliphatic heterocycles. The van der Waals surface area contributed by atoms with Gasteiger partial charge in [0.2, 0.25) is 11.8 Å². The number of hydrogen-bond acceptors (Lipinski definition) is 3. The molecular weight excluding hydrogens is 364 g/mol. The normalized spacial score (nSPS) is 17.4. The quantitative estimate of drug-likeness (QED) is 0.717. The van der Waals surface area contributed by atoms with Crippen molar-refractivity contribution in [1.82, 2.24) is 5.32 Å². The summed E-state index contributed by atoms with van der Waals surface area (Å²) in [6.45, 7) is 2.33. The average molecular weight is 388 g/mol. The molecular formula is C24H24N2O3. The number of nitrogens with one attached hydrogen (secondary N) is 1. The van der Waals surface area contributed by atoms with Gasteiger partial charge in [-0.25, -0.2) is 0 Å². The van der Waals surface area contributed by atoms with E-state index in [0.717, 1.165) is 10.9 Å². The lowest BCUT2D eigenvalue weighted by Crippen LogP contribution is -2.34. The van der Waals surface area contributed by atoms with Gasteiger partial charge in [-0.05, 0) is 41.5 Å². The number of ether oxygens (including phenoxy) is 1. The summed E-state index contributed by atoms with van der Waals surface area (Å²) in [5.41, 5.74) is 1.75. The first-order chi connectivity index (χ1) is 14.1. The standard InChI is InChI=1S/C24H24N2O3/c1-16(18-12-11-17-7-3-4-8-19(17)13-18)25-24(28)20-14-23(27)26(15-20)21-9-5-6-10-22(21)29-2/h3-13,16,20H,14-15H2,1-2H3,(H,25,28).